The van der Waals surface area contributed by atoms with Crippen molar-refractivity contribution >= 4 is 17.7 Å². The molecule has 0 saturated carbocycles. The Labute approximate surface area is 140 Å². The van der Waals surface area contributed by atoms with Crippen LogP contribution in [-0.4, -0.2) is 90.7 Å². The Kier molecular flexibility index (Phi) is 4.31. The number of rotatable bonds is 3. The lowest BCUT2D eigenvalue weighted by Crippen LogP contribution is -2.65. The lowest BCUT2D eigenvalue weighted by Gasteiger charge is -2.45. The van der Waals surface area contributed by atoms with Crippen LogP contribution in [0.3, 0.4) is 0 Å². The smallest absolute Gasteiger partial charge is 0.289 e. The van der Waals surface area contributed by atoms with E-state index in [-0.39, 0.29) is 24.3 Å². The average Bonchev–Trinajstić information content (AvgIpc) is 3.00. The molecule has 0 aromatic carbocycles. The van der Waals surface area contributed by atoms with Gasteiger partial charge in [0.2, 0.25) is 11.8 Å². The van der Waals surface area contributed by atoms with Gasteiger partial charge in [-0.15, -0.1) is 0 Å². The van der Waals surface area contributed by atoms with Gasteiger partial charge in [0.15, 0.2) is 5.76 Å². The van der Waals surface area contributed by atoms with Gasteiger partial charge in [-0.2, -0.15) is 0 Å². The average molecular weight is 334 g/mol. The van der Waals surface area contributed by atoms with Crippen LogP contribution in [0.15, 0.2) is 16.5 Å². The molecule has 2 saturated heterocycles. The van der Waals surface area contributed by atoms with Gasteiger partial charge < -0.3 is 19.1 Å². The van der Waals surface area contributed by atoms with Gasteiger partial charge in [-0.05, 0) is 12.1 Å². The van der Waals surface area contributed by atoms with Gasteiger partial charge in [-0.3, -0.25) is 19.3 Å². The van der Waals surface area contributed by atoms with Gasteiger partial charge in [0.25, 0.3) is 5.91 Å². The molecule has 2 aliphatic rings. The van der Waals surface area contributed by atoms with Crippen LogP contribution in [0.25, 0.3) is 0 Å². The SMILES string of the molecule is CN(C)C(=O)c1ccc(CN2CCN3C(=O)CN(C)C(=O)C3C2)o1. The first-order chi connectivity index (χ1) is 11.4. The summed E-state index contributed by atoms with van der Waals surface area (Å²) in [5, 5.41) is 0. The Morgan fingerprint density at radius 1 is 1.29 bits per heavy atom. The molecule has 0 N–H and O–H groups in total. The van der Waals surface area contributed by atoms with E-state index in [2.05, 4.69) is 4.90 Å². The molecular weight excluding hydrogens is 312 g/mol. The molecule has 3 rings (SSSR count). The third-order valence-electron chi connectivity index (χ3n) is 4.48. The highest BCUT2D eigenvalue weighted by Crippen LogP contribution is 2.19. The molecule has 1 aromatic rings. The number of fused-ring (bicyclic) bond motifs is 1. The predicted octanol–water partition coefficient (Wildman–Crippen LogP) is -0.534. The fraction of sp³-hybridized carbons (Fsp3) is 0.562. The highest BCUT2D eigenvalue weighted by atomic mass is 16.4. The molecule has 3 heterocycles. The number of amides is 3. The van der Waals surface area contributed by atoms with Gasteiger partial charge in [-0.25, -0.2) is 0 Å². The highest BCUT2D eigenvalue weighted by molar-refractivity contribution is 5.95. The van der Waals surface area contributed by atoms with E-state index in [0.29, 0.717) is 37.7 Å². The number of hydrogen-bond acceptors (Lipinski definition) is 5. The molecule has 0 radical (unpaired) electrons. The maximum Gasteiger partial charge on any atom is 0.289 e. The van der Waals surface area contributed by atoms with Gasteiger partial charge in [0, 0.05) is 40.8 Å². The summed E-state index contributed by atoms with van der Waals surface area (Å²) in [4.78, 5) is 42.9. The van der Waals surface area contributed by atoms with E-state index in [1.807, 2.05) is 0 Å². The zero-order chi connectivity index (χ0) is 17.4. The second-order valence-electron chi connectivity index (χ2n) is 6.50. The molecule has 8 heteroatoms. The van der Waals surface area contributed by atoms with Crippen molar-refractivity contribution in [2.24, 2.45) is 0 Å². The van der Waals surface area contributed by atoms with E-state index in [1.54, 1.807) is 38.2 Å². The van der Waals surface area contributed by atoms with Crippen molar-refractivity contribution in [2.45, 2.75) is 12.6 Å². The third-order valence-corrected chi connectivity index (χ3v) is 4.48. The topological polar surface area (TPSA) is 77.3 Å². The lowest BCUT2D eigenvalue weighted by molar-refractivity contribution is -0.158. The minimum atomic E-state index is -0.428. The molecule has 0 bridgehead atoms. The van der Waals surface area contributed by atoms with Gasteiger partial charge in [0.1, 0.15) is 11.8 Å². The maximum absolute atomic E-state index is 12.3. The minimum Gasteiger partial charge on any atom is -0.455 e. The Hall–Kier alpha value is -2.35. The summed E-state index contributed by atoms with van der Waals surface area (Å²) >= 11 is 0. The first-order valence-electron chi connectivity index (χ1n) is 7.94. The summed E-state index contributed by atoms with van der Waals surface area (Å²) in [6.45, 7) is 2.36. The quantitative estimate of drug-likeness (QED) is 0.742. The summed E-state index contributed by atoms with van der Waals surface area (Å²) in [6, 6.07) is 3.02. The van der Waals surface area contributed by atoms with Crippen LogP contribution in [0.5, 0.6) is 0 Å². The summed E-state index contributed by atoms with van der Waals surface area (Å²) in [6.07, 6.45) is 0. The van der Waals surface area contributed by atoms with E-state index in [1.165, 1.54) is 9.80 Å². The zero-order valence-corrected chi connectivity index (χ0v) is 14.2. The number of carbonyl (C=O) groups is 3. The van der Waals surface area contributed by atoms with Crippen molar-refractivity contribution < 1.29 is 18.8 Å². The molecular formula is C16H22N4O4. The van der Waals surface area contributed by atoms with Crippen LogP contribution in [0.1, 0.15) is 16.3 Å². The minimum absolute atomic E-state index is 0.00128. The zero-order valence-electron chi connectivity index (χ0n) is 14.2. The molecule has 130 valence electrons. The summed E-state index contributed by atoms with van der Waals surface area (Å²) in [5.41, 5.74) is 0. The molecule has 1 aromatic heterocycles. The molecule has 1 atom stereocenters. The van der Waals surface area contributed by atoms with E-state index in [4.69, 9.17) is 4.42 Å². The summed E-state index contributed by atoms with van der Waals surface area (Å²) in [7, 11) is 5.00. The fourth-order valence-electron chi connectivity index (χ4n) is 3.14. The second-order valence-corrected chi connectivity index (χ2v) is 6.50. The molecule has 8 nitrogen and oxygen atoms in total. The Morgan fingerprint density at radius 2 is 2.04 bits per heavy atom. The van der Waals surface area contributed by atoms with E-state index >= 15 is 0 Å². The molecule has 0 aliphatic carbocycles. The largest absolute Gasteiger partial charge is 0.455 e. The van der Waals surface area contributed by atoms with Crippen LogP contribution in [0.2, 0.25) is 0 Å². The van der Waals surface area contributed by atoms with Crippen LogP contribution in [0.4, 0.5) is 0 Å². The van der Waals surface area contributed by atoms with Gasteiger partial charge in [-0.1, -0.05) is 0 Å². The van der Waals surface area contributed by atoms with Crippen molar-refractivity contribution in [3.63, 3.8) is 0 Å². The molecule has 1 unspecified atom stereocenters. The number of carbonyl (C=O) groups excluding carboxylic acids is 3. The lowest BCUT2D eigenvalue weighted by atomic mass is 10.1. The van der Waals surface area contributed by atoms with Crippen LogP contribution < -0.4 is 0 Å². The fourth-order valence-corrected chi connectivity index (χ4v) is 3.14. The monoisotopic (exact) mass is 334 g/mol. The maximum atomic E-state index is 12.3. The van der Waals surface area contributed by atoms with Crippen molar-refractivity contribution in [2.75, 3.05) is 47.3 Å². The number of piperazine rings is 2. The molecule has 3 amide bonds. The van der Waals surface area contributed by atoms with E-state index in [0.717, 1.165) is 0 Å². The van der Waals surface area contributed by atoms with E-state index in [9.17, 15) is 14.4 Å². The Bertz CT molecular complexity index is 669. The third kappa shape index (κ3) is 3.01. The van der Waals surface area contributed by atoms with Crippen molar-refractivity contribution in [1.29, 1.82) is 0 Å². The first-order valence-corrected chi connectivity index (χ1v) is 7.94. The number of nitrogens with zero attached hydrogens (tertiary/aromatic N) is 4. The van der Waals surface area contributed by atoms with Gasteiger partial charge in [0.05, 0.1) is 13.1 Å². The normalized spacial score (nSPS) is 21.9. The Balaban J connectivity index is 1.66. The highest BCUT2D eigenvalue weighted by Gasteiger charge is 2.41. The Morgan fingerprint density at radius 3 is 2.75 bits per heavy atom. The van der Waals surface area contributed by atoms with Crippen LogP contribution in [-0.2, 0) is 16.1 Å². The number of hydrogen-bond donors (Lipinski definition) is 0. The number of furan rings is 1. The van der Waals surface area contributed by atoms with Crippen molar-refractivity contribution in [1.82, 2.24) is 19.6 Å². The first kappa shape index (κ1) is 16.5. The summed E-state index contributed by atoms with van der Waals surface area (Å²) in [5.74, 6) is 0.774. The molecule has 24 heavy (non-hydrogen) atoms. The van der Waals surface area contributed by atoms with Crippen LogP contribution >= 0.6 is 0 Å². The van der Waals surface area contributed by atoms with Gasteiger partial charge >= 0.3 is 0 Å². The predicted molar refractivity (Wildman–Crippen MR) is 85.1 cm³/mol. The van der Waals surface area contributed by atoms with Crippen LogP contribution in [0, 0.1) is 0 Å². The second kappa shape index (κ2) is 6.27. The summed E-state index contributed by atoms with van der Waals surface area (Å²) < 4.78 is 5.61. The van der Waals surface area contributed by atoms with Crippen molar-refractivity contribution in [3.8, 4) is 0 Å². The van der Waals surface area contributed by atoms with E-state index < -0.39 is 6.04 Å². The standard InChI is InChI=1S/C16H22N4O4/c1-17(2)16(23)13-5-4-11(24-13)8-19-6-7-20-12(9-19)15(22)18(3)10-14(20)21/h4-5,12H,6-10H2,1-3H3. The number of likely N-dealkylation sites (N-methyl/N-ethyl adjacent to an activating group) is 1. The molecule has 2 fully saturated rings. The molecule has 0 spiro atoms. The van der Waals surface area contributed by atoms with Crippen molar-refractivity contribution in [3.05, 3.63) is 23.7 Å². The molecule has 2 aliphatic heterocycles.